The number of imide groups is 1. The number of amides is 4. The van der Waals surface area contributed by atoms with Crippen LogP contribution in [0.25, 0.3) is 0 Å². The lowest BCUT2D eigenvalue weighted by molar-refractivity contribution is -0.154. The highest BCUT2D eigenvalue weighted by atomic mass is 16.5. The Morgan fingerprint density at radius 3 is 2.30 bits per heavy atom. The maximum atomic E-state index is 12.4. The topological polar surface area (TPSA) is 70.2 Å². The third kappa shape index (κ3) is 2.77. The molecule has 2 aliphatic heterocycles. The molecule has 0 saturated carbocycles. The Balaban J connectivity index is 2.06. The number of likely N-dealkylation sites (N-methyl/N-ethyl adjacent to an activating group) is 1. The van der Waals surface area contributed by atoms with Crippen molar-refractivity contribution in [1.29, 1.82) is 0 Å². The summed E-state index contributed by atoms with van der Waals surface area (Å²) in [6, 6.07) is -0.388. The first-order valence-electron chi connectivity index (χ1n) is 6.99. The summed E-state index contributed by atoms with van der Waals surface area (Å²) in [5.41, 5.74) is 0. The van der Waals surface area contributed by atoms with Gasteiger partial charge in [-0.1, -0.05) is 0 Å². The Morgan fingerprint density at radius 1 is 1.15 bits per heavy atom. The van der Waals surface area contributed by atoms with Crippen LogP contribution in [-0.2, 0) is 14.3 Å². The van der Waals surface area contributed by atoms with Crippen LogP contribution in [0.5, 0.6) is 0 Å². The molecule has 0 radical (unpaired) electrons. The molecule has 2 saturated heterocycles. The molecule has 0 bridgehead atoms. The minimum Gasteiger partial charge on any atom is -0.372 e. The zero-order valence-corrected chi connectivity index (χ0v) is 12.2. The number of rotatable bonds is 1. The second-order valence-corrected chi connectivity index (χ2v) is 5.29. The van der Waals surface area contributed by atoms with Crippen LogP contribution in [-0.4, -0.2) is 77.5 Å². The summed E-state index contributed by atoms with van der Waals surface area (Å²) in [5, 5.41) is 0. The summed E-state index contributed by atoms with van der Waals surface area (Å²) in [4.78, 5) is 40.3. The highest BCUT2D eigenvalue weighted by molar-refractivity contribution is 6.38. The van der Waals surface area contributed by atoms with Crippen molar-refractivity contribution in [3.05, 3.63) is 0 Å². The van der Waals surface area contributed by atoms with Crippen molar-refractivity contribution in [1.82, 2.24) is 14.7 Å². The maximum Gasteiger partial charge on any atom is 0.327 e. The van der Waals surface area contributed by atoms with Crippen molar-refractivity contribution in [2.45, 2.75) is 33.0 Å². The van der Waals surface area contributed by atoms with Gasteiger partial charge in [0.15, 0.2) is 0 Å². The molecule has 7 nitrogen and oxygen atoms in total. The van der Waals surface area contributed by atoms with Crippen LogP contribution in [0.4, 0.5) is 4.79 Å². The Morgan fingerprint density at radius 2 is 1.75 bits per heavy atom. The Hall–Kier alpha value is -1.63. The van der Waals surface area contributed by atoms with Gasteiger partial charge in [-0.15, -0.1) is 0 Å². The number of hydrogen-bond donors (Lipinski definition) is 0. The molecule has 0 aromatic rings. The van der Waals surface area contributed by atoms with Gasteiger partial charge in [0.2, 0.25) is 0 Å². The molecule has 0 unspecified atom stereocenters. The third-order valence-corrected chi connectivity index (χ3v) is 3.61. The molecule has 2 rings (SSSR count). The molecule has 0 N–H and O–H groups in total. The number of morpholine rings is 1. The van der Waals surface area contributed by atoms with E-state index in [1.165, 1.54) is 4.90 Å². The number of carbonyl (C=O) groups excluding carboxylic acids is 3. The minimum absolute atomic E-state index is 0.0644. The summed E-state index contributed by atoms with van der Waals surface area (Å²) in [6.07, 6.45) is -0.129. The first-order valence-corrected chi connectivity index (χ1v) is 6.99. The monoisotopic (exact) mass is 283 g/mol. The minimum atomic E-state index is -0.727. The van der Waals surface area contributed by atoms with Crippen LogP contribution in [0.2, 0.25) is 0 Å². The maximum absolute atomic E-state index is 12.4. The zero-order valence-electron chi connectivity index (χ0n) is 12.2. The second-order valence-electron chi connectivity index (χ2n) is 5.29. The van der Waals surface area contributed by atoms with Gasteiger partial charge in [-0.3, -0.25) is 14.5 Å². The van der Waals surface area contributed by atoms with Crippen molar-refractivity contribution in [2.24, 2.45) is 0 Å². The van der Waals surface area contributed by atoms with Crippen LogP contribution >= 0.6 is 0 Å². The first kappa shape index (κ1) is 14.8. The van der Waals surface area contributed by atoms with Gasteiger partial charge >= 0.3 is 17.8 Å². The molecule has 2 aliphatic rings. The van der Waals surface area contributed by atoms with Gasteiger partial charge in [0.25, 0.3) is 0 Å². The van der Waals surface area contributed by atoms with Crippen molar-refractivity contribution >= 4 is 17.8 Å². The van der Waals surface area contributed by atoms with E-state index >= 15 is 0 Å². The number of hydrogen-bond acceptors (Lipinski definition) is 4. The fraction of sp³-hybridized carbons (Fsp3) is 0.769. The van der Waals surface area contributed by atoms with Crippen LogP contribution in [0, 0.1) is 0 Å². The average molecular weight is 283 g/mol. The summed E-state index contributed by atoms with van der Waals surface area (Å²) in [7, 11) is 0. The Kier molecular flexibility index (Phi) is 4.27. The van der Waals surface area contributed by atoms with Gasteiger partial charge in [0.05, 0.1) is 12.2 Å². The molecule has 0 aromatic heterocycles. The van der Waals surface area contributed by atoms with E-state index < -0.39 is 11.8 Å². The summed E-state index contributed by atoms with van der Waals surface area (Å²) < 4.78 is 5.56. The van der Waals surface area contributed by atoms with E-state index in [0.29, 0.717) is 26.2 Å². The molecular formula is C13H21N3O4. The largest absolute Gasteiger partial charge is 0.372 e. The normalized spacial score (nSPS) is 28.1. The number of ether oxygens (including phenoxy) is 1. The predicted molar refractivity (Wildman–Crippen MR) is 70.9 cm³/mol. The van der Waals surface area contributed by atoms with E-state index in [0.717, 1.165) is 4.90 Å². The average Bonchev–Trinajstić information content (AvgIpc) is 2.40. The van der Waals surface area contributed by atoms with E-state index in [-0.39, 0.29) is 24.8 Å². The molecule has 2 heterocycles. The van der Waals surface area contributed by atoms with Gasteiger partial charge < -0.3 is 14.5 Å². The van der Waals surface area contributed by atoms with Gasteiger partial charge in [0.1, 0.15) is 0 Å². The molecule has 0 aromatic carbocycles. The number of nitrogens with zero attached hydrogens (tertiary/aromatic N) is 3. The lowest BCUT2D eigenvalue weighted by Gasteiger charge is -2.39. The molecule has 0 aliphatic carbocycles. The lowest BCUT2D eigenvalue weighted by atomic mass is 10.2. The predicted octanol–water partition coefficient (Wildman–Crippen LogP) is -0.0937. The summed E-state index contributed by atoms with van der Waals surface area (Å²) in [6.45, 7) is 7.62. The fourth-order valence-corrected chi connectivity index (χ4v) is 2.66. The SMILES string of the molecule is CCN1CCN(C(=O)N2C[C@@H](C)O[C@H](C)C2)C(=O)C1=O. The Bertz CT molecular complexity index is 416. The van der Waals surface area contributed by atoms with Crippen LogP contribution in [0.3, 0.4) is 0 Å². The highest BCUT2D eigenvalue weighted by Gasteiger charge is 2.38. The van der Waals surface area contributed by atoms with Gasteiger partial charge in [-0.2, -0.15) is 0 Å². The van der Waals surface area contributed by atoms with E-state index in [4.69, 9.17) is 4.74 Å². The van der Waals surface area contributed by atoms with E-state index in [9.17, 15) is 14.4 Å². The number of urea groups is 1. The van der Waals surface area contributed by atoms with Crippen LogP contribution in [0.15, 0.2) is 0 Å². The number of piperazine rings is 1. The molecule has 2 atom stereocenters. The molecule has 20 heavy (non-hydrogen) atoms. The van der Waals surface area contributed by atoms with Crippen LogP contribution in [0.1, 0.15) is 20.8 Å². The third-order valence-electron chi connectivity index (χ3n) is 3.61. The molecular weight excluding hydrogens is 262 g/mol. The fourth-order valence-electron chi connectivity index (χ4n) is 2.66. The summed E-state index contributed by atoms with van der Waals surface area (Å²) >= 11 is 0. The first-order chi connectivity index (χ1) is 9.43. The van der Waals surface area contributed by atoms with Crippen molar-refractivity contribution in [3.63, 3.8) is 0 Å². The molecule has 2 fully saturated rings. The van der Waals surface area contributed by atoms with Crippen molar-refractivity contribution < 1.29 is 19.1 Å². The standard InChI is InChI=1S/C13H21N3O4/c1-4-14-5-6-16(12(18)11(14)17)13(19)15-7-9(2)20-10(3)8-15/h9-10H,4-8H2,1-3H3/t9-,10-/m1/s1. The molecule has 7 heteroatoms. The van der Waals surface area contributed by atoms with Gasteiger partial charge in [0, 0.05) is 32.7 Å². The molecule has 0 spiro atoms. The van der Waals surface area contributed by atoms with E-state index in [1.807, 2.05) is 20.8 Å². The number of carbonyl (C=O) groups is 3. The van der Waals surface area contributed by atoms with Crippen LogP contribution < -0.4 is 0 Å². The Labute approximate surface area is 118 Å². The van der Waals surface area contributed by atoms with Crippen molar-refractivity contribution in [3.8, 4) is 0 Å². The lowest BCUT2D eigenvalue weighted by Crippen LogP contribution is -2.61. The summed E-state index contributed by atoms with van der Waals surface area (Å²) in [5.74, 6) is -1.32. The van der Waals surface area contributed by atoms with Gasteiger partial charge in [-0.25, -0.2) is 4.79 Å². The van der Waals surface area contributed by atoms with Gasteiger partial charge in [-0.05, 0) is 20.8 Å². The van der Waals surface area contributed by atoms with Crippen molar-refractivity contribution in [2.75, 3.05) is 32.7 Å². The zero-order chi connectivity index (χ0) is 14.9. The van der Waals surface area contributed by atoms with E-state index in [2.05, 4.69) is 0 Å². The molecule has 112 valence electrons. The van der Waals surface area contributed by atoms with E-state index in [1.54, 1.807) is 4.90 Å². The quantitative estimate of drug-likeness (QED) is 0.630. The smallest absolute Gasteiger partial charge is 0.327 e. The molecule has 4 amide bonds. The highest BCUT2D eigenvalue weighted by Crippen LogP contribution is 2.15. The second kappa shape index (κ2) is 5.78.